The summed E-state index contributed by atoms with van der Waals surface area (Å²) < 4.78 is 5.60. The van der Waals surface area contributed by atoms with Crippen LogP contribution in [0.3, 0.4) is 0 Å². The Balaban J connectivity index is 2.09. The largest absolute Gasteiger partial charge is 0.457 e. The predicted molar refractivity (Wildman–Crippen MR) is 68.8 cm³/mol. The van der Waals surface area contributed by atoms with Crippen molar-refractivity contribution >= 4 is 37.8 Å². The number of rotatable bonds is 1. The molecule has 1 amide bonds. The van der Waals surface area contributed by atoms with Crippen molar-refractivity contribution < 1.29 is 9.21 Å². The van der Waals surface area contributed by atoms with Crippen LogP contribution in [0.25, 0.3) is 0 Å². The quantitative estimate of drug-likeness (QED) is 0.728. The Kier molecular flexibility index (Phi) is 3.74. The molecule has 16 heavy (non-hydrogen) atoms. The fourth-order valence-electron chi connectivity index (χ4n) is 1.82. The lowest BCUT2D eigenvalue weighted by Gasteiger charge is -2.34. The molecule has 0 radical (unpaired) electrons. The Hall–Kier alpha value is -0.290. The van der Waals surface area contributed by atoms with Crippen molar-refractivity contribution in [2.24, 2.45) is 5.92 Å². The molecule has 2 atom stereocenters. The topological polar surface area (TPSA) is 33.5 Å². The summed E-state index contributed by atoms with van der Waals surface area (Å²) in [4.78, 5) is 14.4. The molecule has 0 bridgehead atoms. The van der Waals surface area contributed by atoms with Gasteiger partial charge in [0.2, 0.25) is 0 Å². The van der Waals surface area contributed by atoms with Crippen molar-refractivity contribution in [1.82, 2.24) is 4.90 Å². The summed E-state index contributed by atoms with van der Waals surface area (Å²) in [6, 6.07) is 1.70. The highest BCUT2D eigenvalue weighted by molar-refractivity contribution is 9.10. The van der Waals surface area contributed by atoms with Gasteiger partial charge in [-0.3, -0.25) is 4.79 Å². The first-order valence-electron chi connectivity index (χ1n) is 5.26. The number of hydrogen-bond acceptors (Lipinski definition) is 2. The average Bonchev–Trinajstić information content (AvgIpc) is 2.67. The Bertz CT molecular complexity index is 391. The van der Waals surface area contributed by atoms with Gasteiger partial charge in [-0.25, -0.2) is 0 Å². The lowest BCUT2D eigenvalue weighted by atomic mass is 9.98. The van der Waals surface area contributed by atoms with Gasteiger partial charge < -0.3 is 9.32 Å². The van der Waals surface area contributed by atoms with Crippen molar-refractivity contribution in [3.05, 3.63) is 22.6 Å². The lowest BCUT2D eigenvalue weighted by Crippen LogP contribution is -2.43. The molecule has 1 aromatic heterocycles. The van der Waals surface area contributed by atoms with E-state index in [4.69, 9.17) is 4.42 Å². The van der Waals surface area contributed by atoms with E-state index in [0.717, 1.165) is 19.5 Å². The van der Waals surface area contributed by atoms with E-state index in [1.54, 1.807) is 6.07 Å². The number of carbonyl (C=O) groups excluding carboxylic acids is 1. The van der Waals surface area contributed by atoms with Gasteiger partial charge in [-0.2, -0.15) is 0 Å². The van der Waals surface area contributed by atoms with Crippen LogP contribution >= 0.6 is 31.9 Å². The number of alkyl halides is 1. The maximum Gasteiger partial charge on any atom is 0.258 e. The van der Waals surface area contributed by atoms with Crippen LogP contribution < -0.4 is 0 Å². The molecule has 1 aromatic rings. The number of likely N-dealkylation sites (tertiary alicyclic amines) is 1. The second-order valence-electron chi connectivity index (χ2n) is 4.14. The van der Waals surface area contributed by atoms with Crippen molar-refractivity contribution in [2.75, 3.05) is 13.1 Å². The van der Waals surface area contributed by atoms with Gasteiger partial charge in [-0.05, 0) is 34.3 Å². The summed E-state index contributed by atoms with van der Waals surface area (Å²) in [6.07, 6.45) is 2.56. The van der Waals surface area contributed by atoms with Crippen LogP contribution in [0.2, 0.25) is 0 Å². The number of nitrogens with zero attached hydrogens (tertiary/aromatic N) is 1. The third-order valence-electron chi connectivity index (χ3n) is 3.00. The molecule has 0 N–H and O–H groups in total. The number of amides is 1. The van der Waals surface area contributed by atoms with Crippen LogP contribution in [-0.4, -0.2) is 28.7 Å². The van der Waals surface area contributed by atoms with E-state index >= 15 is 0 Å². The molecule has 1 aliphatic rings. The summed E-state index contributed by atoms with van der Waals surface area (Å²) >= 11 is 6.85. The molecular weight excluding hydrogens is 338 g/mol. The van der Waals surface area contributed by atoms with E-state index < -0.39 is 0 Å². The maximum absolute atomic E-state index is 12.1. The molecular formula is C11H13Br2NO2. The number of carbonyl (C=O) groups is 1. The molecule has 2 rings (SSSR count). The van der Waals surface area contributed by atoms with Gasteiger partial charge in [-0.15, -0.1) is 0 Å². The second-order valence-corrected chi connectivity index (χ2v) is 6.04. The van der Waals surface area contributed by atoms with Crippen molar-refractivity contribution in [3.8, 4) is 0 Å². The third-order valence-corrected chi connectivity index (χ3v) is 4.81. The van der Waals surface area contributed by atoms with E-state index in [9.17, 15) is 4.79 Å². The first-order valence-corrected chi connectivity index (χ1v) is 6.97. The van der Waals surface area contributed by atoms with Crippen LogP contribution in [0.5, 0.6) is 0 Å². The highest BCUT2D eigenvalue weighted by Gasteiger charge is 2.28. The van der Waals surface area contributed by atoms with Gasteiger partial charge in [0, 0.05) is 17.9 Å². The molecule has 1 fully saturated rings. The van der Waals surface area contributed by atoms with E-state index in [2.05, 4.69) is 38.8 Å². The summed E-state index contributed by atoms with van der Waals surface area (Å²) in [6.45, 7) is 3.78. The normalized spacial score (nSPS) is 25.8. The molecule has 2 unspecified atom stereocenters. The SMILES string of the molecule is CC1CCN(C(=O)c2ccoc2Br)CC1Br. The van der Waals surface area contributed by atoms with Gasteiger partial charge in [0.1, 0.15) is 0 Å². The van der Waals surface area contributed by atoms with Crippen molar-refractivity contribution in [1.29, 1.82) is 0 Å². The maximum atomic E-state index is 12.1. The minimum atomic E-state index is 0.0389. The fraction of sp³-hybridized carbons (Fsp3) is 0.545. The van der Waals surface area contributed by atoms with Gasteiger partial charge >= 0.3 is 0 Å². The van der Waals surface area contributed by atoms with Crippen LogP contribution in [-0.2, 0) is 0 Å². The summed E-state index contributed by atoms with van der Waals surface area (Å²) in [7, 11) is 0. The zero-order valence-corrected chi connectivity index (χ0v) is 12.1. The van der Waals surface area contributed by atoms with Crippen LogP contribution in [0, 0.1) is 5.92 Å². The molecule has 0 aliphatic carbocycles. The van der Waals surface area contributed by atoms with E-state index in [1.165, 1.54) is 6.26 Å². The van der Waals surface area contributed by atoms with E-state index in [0.29, 0.717) is 21.0 Å². The fourth-order valence-corrected chi connectivity index (χ4v) is 2.85. The number of hydrogen-bond donors (Lipinski definition) is 0. The highest BCUT2D eigenvalue weighted by Crippen LogP contribution is 2.26. The van der Waals surface area contributed by atoms with E-state index in [-0.39, 0.29) is 5.91 Å². The summed E-state index contributed by atoms with van der Waals surface area (Å²) in [5.74, 6) is 0.661. The second kappa shape index (κ2) is 4.92. The van der Waals surface area contributed by atoms with Gasteiger partial charge in [0.05, 0.1) is 11.8 Å². The zero-order valence-electron chi connectivity index (χ0n) is 8.95. The molecule has 0 aromatic carbocycles. The van der Waals surface area contributed by atoms with Gasteiger partial charge in [-0.1, -0.05) is 22.9 Å². The molecule has 88 valence electrons. The lowest BCUT2D eigenvalue weighted by molar-refractivity contribution is 0.0704. The molecule has 5 heteroatoms. The smallest absolute Gasteiger partial charge is 0.258 e. The average molecular weight is 351 g/mol. The Labute approximate surface area is 111 Å². The van der Waals surface area contributed by atoms with Crippen LogP contribution in [0.1, 0.15) is 23.7 Å². The van der Waals surface area contributed by atoms with Crippen LogP contribution in [0.4, 0.5) is 0 Å². The highest BCUT2D eigenvalue weighted by atomic mass is 79.9. The monoisotopic (exact) mass is 349 g/mol. The molecule has 0 saturated carbocycles. The molecule has 1 aliphatic heterocycles. The Morgan fingerprint density at radius 3 is 2.94 bits per heavy atom. The van der Waals surface area contributed by atoms with Crippen molar-refractivity contribution in [2.45, 2.75) is 18.2 Å². The summed E-state index contributed by atoms with van der Waals surface area (Å²) in [5, 5.41) is 0. The first-order chi connectivity index (χ1) is 7.59. The zero-order chi connectivity index (χ0) is 11.7. The number of piperidine rings is 1. The Morgan fingerprint density at radius 1 is 1.62 bits per heavy atom. The van der Waals surface area contributed by atoms with Crippen molar-refractivity contribution in [3.63, 3.8) is 0 Å². The number of furan rings is 1. The van der Waals surface area contributed by atoms with E-state index in [1.807, 2.05) is 4.90 Å². The third kappa shape index (κ3) is 2.35. The first kappa shape index (κ1) is 12.2. The standard InChI is InChI=1S/C11H13Br2NO2/c1-7-2-4-14(6-9(7)12)11(15)8-3-5-16-10(8)13/h3,5,7,9H,2,4,6H2,1H3. The van der Waals surface area contributed by atoms with Gasteiger partial charge in [0.15, 0.2) is 4.67 Å². The minimum absolute atomic E-state index is 0.0389. The van der Waals surface area contributed by atoms with Crippen LogP contribution in [0.15, 0.2) is 21.4 Å². The Morgan fingerprint density at radius 2 is 2.38 bits per heavy atom. The molecule has 1 saturated heterocycles. The molecule has 0 spiro atoms. The predicted octanol–water partition coefficient (Wildman–Crippen LogP) is 3.29. The summed E-state index contributed by atoms with van der Waals surface area (Å²) in [5.41, 5.74) is 0.606. The minimum Gasteiger partial charge on any atom is -0.457 e. The molecule has 3 nitrogen and oxygen atoms in total. The van der Waals surface area contributed by atoms with Gasteiger partial charge in [0.25, 0.3) is 5.91 Å². The molecule has 2 heterocycles. The number of halogens is 2.